The van der Waals surface area contributed by atoms with Crippen LogP contribution in [0, 0.1) is 0 Å². The highest BCUT2D eigenvalue weighted by Gasteiger charge is 2.08. The summed E-state index contributed by atoms with van der Waals surface area (Å²) in [6, 6.07) is 14.6. The van der Waals surface area contributed by atoms with Crippen LogP contribution >= 0.6 is 0 Å². The number of likely N-dealkylation sites (N-methyl/N-ethyl adjacent to an activating group) is 1. The lowest BCUT2D eigenvalue weighted by Gasteiger charge is -2.16. The maximum Gasteiger partial charge on any atom is 0.238 e. The fourth-order valence-electron chi connectivity index (χ4n) is 2.45. The second-order valence-corrected chi connectivity index (χ2v) is 6.10. The second kappa shape index (κ2) is 9.53. The predicted molar refractivity (Wildman–Crippen MR) is 104 cm³/mol. The number of hydrogen-bond donors (Lipinski definition) is 1. The van der Waals surface area contributed by atoms with Gasteiger partial charge in [-0.3, -0.25) is 14.5 Å². The van der Waals surface area contributed by atoms with Gasteiger partial charge in [-0.05, 0) is 55.9 Å². The Labute approximate surface area is 154 Å². The Balaban J connectivity index is 1.82. The number of carbonyl (C=O) groups is 2. The van der Waals surface area contributed by atoms with Gasteiger partial charge in [-0.15, -0.1) is 0 Å². The summed E-state index contributed by atoms with van der Waals surface area (Å²) in [6.07, 6.45) is 1.70. The average Bonchev–Trinajstić information content (AvgIpc) is 2.61. The lowest BCUT2D eigenvalue weighted by atomic mass is 10.1. The molecule has 0 aliphatic heterocycles. The molecule has 0 aliphatic rings. The zero-order valence-electron chi connectivity index (χ0n) is 15.2. The van der Waals surface area contributed by atoms with Gasteiger partial charge in [-0.2, -0.15) is 0 Å². The zero-order valence-corrected chi connectivity index (χ0v) is 15.2. The molecule has 136 valence electrons. The van der Waals surface area contributed by atoms with Crippen molar-refractivity contribution in [1.29, 1.82) is 0 Å². The number of amides is 1. The SMILES string of the molecule is C=CCOc1ccc(CN(C)CC(=O)Nc2ccc(C(C)=O)cc2)cc1. The summed E-state index contributed by atoms with van der Waals surface area (Å²) >= 11 is 0. The predicted octanol–water partition coefficient (Wildman–Crippen LogP) is 3.52. The summed E-state index contributed by atoms with van der Waals surface area (Å²) in [6.45, 7) is 6.53. The Kier molecular flexibility index (Phi) is 7.12. The van der Waals surface area contributed by atoms with E-state index in [2.05, 4.69) is 11.9 Å². The van der Waals surface area contributed by atoms with Gasteiger partial charge in [-0.25, -0.2) is 0 Å². The van der Waals surface area contributed by atoms with Gasteiger partial charge in [0, 0.05) is 17.8 Å². The van der Waals surface area contributed by atoms with Crippen LogP contribution in [0.2, 0.25) is 0 Å². The Morgan fingerprint density at radius 3 is 2.35 bits per heavy atom. The van der Waals surface area contributed by atoms with Gasteiger partial charge in [0.05, 0.1) is 6.54 Å². The van der Waals surface area contributed by atoms with E-state index in [9.17, 15) is 9.59 Å². The van der Waals surface area contributed by atoms with Gasteiger partial charge in [0.15, 0.2) is 5.78 Å². The van der Waals surface area contributed by atoms with E-state index in [1.165, 1.54) is 6.92 Å². The van der Waals surface area contributed by atoms with Gasteiger partial charge >= 0.3 is 0 Å². The number of nitrogens with one attached hydrogen (secondary N) is 1. The molecule has 1 amide bonds. The number of ketones is 1. The molecule has 0 saturated carbocycles. The third-order valence-corrected chi connectivity index (χ3v) is 3.73. The van der Waals surface area contributed by atoms with E-state index < -0.39 is 0 Å². The standard InChI is InChI=1S/C21H24N2O3/c1-4-13-26-20-11-5-17(6-12-20)14-23(3)15-21(25)22-19-9-7-18(8-10-19)16(2)24/h4-12H,1,13-15H2,2-3H3,(H,22,25). The van der Waals surface area contributed by atoms with Crippen molar-refractivity contribution in [2.75, 3.05) is 25.5 Å². The topological polar surface area (TPSA) is 58.6 Å². The van der Waals surface area contributed by atoms with Gasteiger partial charge in [-0.1, -0.05) is 24.8 Å². The molecule has 0 spiro atoms. The molecule has 1 N–H and O–H groups in total. The van der Waals surface area contributed by atoms with Crippen molar-refractivity contribution in [2.24, 2.45) is 0 Å². The van der Waals surface area contributed by atoms with Gasteiger partial charge in [0.2, 0.25) is 5.91 Å². The number of rotatable bonds is 9. The lowest BCUT2D eigenvalue weighted by Crippen LogP contribution is -2.29. The van der Waals surface area contributed by atoms with Crippen molar-refractivity contribution in [3.8, 4) is 5.75 Å². The number of hydrogen-bond acceptors (Lipinski definition) is 4. The molecule has 0 fully saturated rings. The third kappa shape index (κ3) is 6.18. The number of benzene rings is 2. The van der Waals surface area contributed by atoms with E-state index in [-0.39, 0.29) is 18.2 Å². The van der Waals surface area contributed by atoms with Crippen molar-refractivity contribution in [1.82, 2.24) is 4.90 Å². The Bertz CT molecular complexity index is 752. The smallest absolute Gasteiger partial charge is 0.238 e. The molecule has 26 heavy (non-hydrogen) atoms. The fourth-order valence-corrected chi connectivity index (χ4v) is 2.45. The van der Waals surface area contributed by atoms with Crippen LogP contribution in [0.5, 0.6) is 5.75 Å². The first kappa shape index (κ1) is 19.4. The van der Waals surface area contributed by atoms with Gasteiger partial charge in [0.25, 0.3) is 0 Å². The van der Waals surface area contributed by atoms with E-state index in [1.54, 1.807) is 30.3 Å². The van der Waals surface area contributed by atoms with E-state index in [0.717, 1.165) is 11.3 Å². The van der Waals surface area contributed by atoms with Gasteiger partial charge < -0.3 is 10.1 Å². The minimum Gasteiger partial charge on any atom is -0.490 e. The molecule has 0 heterocycles. The highest BCUT2D eigenvalue weighted by molar-refractivity contribution is 5.96. The van der Waals surface area contributed by atoms with Crippen molar-refractivity contribution in [2.45, 2.75) is 13.5 Å². The maximum absolute atomic E-state index is 12.2. The maximum atomic E-state index is 12.2. The van der Waals surface area contributed by atoms with Crippen molar-refractivity contribution in [3.05, 3.63) is 72.3 Å². The number of Topliss-reactive ketones (excluding diaryl/α,β-unsaturated/α-hetero) is 1. The molecule has 0 unspecified atom stereocenters. The van der Waals surface area contributed by atoms with Crippen molar-refractivity contribution < 1.29 is 14.3 Å². The van der Waals surface area contributed by atoms with Crippen LogP contribution in [0.15, 0.2) is 61.2 Å². The first-order valence-corrected chi connectivity index (χ1v) is 8.40. The van der Waals surface area contributed by atoms with Crippen molar-refractivity contribution in [3.63, 3.8) is 0 Å². The van der Waals surface area contributed by atoms with E-state index in [4.69, 9.17) is 4.74 Å². The molecule has 0 aromatic heterocycles. The molecule has 2 aromatic rings. The number of ether oxygens (including phenoxy) is 1. The second-order valence-electron chi connectivity index (χ2n) is 6.10. The largest absolute Gasteiger partial charge is 0.490 e. The molecular formula is C21H24N2O3. The highest BCUT2D eigenvalue weighted by Crippen LogP contribution is 2.14. The summed E-state index contributed by atoms with van der Waals surface area (Å²) in [7, 11) is 1.89. The molecular weight excluding hydrogens is 328 g/mol. The fraction of sp³-hybridized carbons (Fsp3) is 0.238. The lowest BCUT2D eigenvalue weighted by molar-refractivity contribution is -0.117. The van der Waals surface area contributed by atoms with Crippen LogP contribution < -0.4 is 10.1 Å². The number of anilines is 1. The first-order chi connectivity index (χ1) is 12.5. The number of nitrogens with zero attached hydrogens (tertiary/aromatic N) is 1. The van der Waals surface area contributed by atoms with Crippen molar-refractivity contribution >= 4 is 17.4 Å². The third-order valence-electron chi connectivity index (χ3n) is 3.73. The molecule has 5 nitrogen and oxygen atoms in total. The van der Waals surface area contributed by atoms with Crippen LogP contribution in [-0.4, -0.2) is 36.8 Å². The molecule has 0 radical (unpaired) electrons. The summed E-state index contributed by atoms with van der Waals surface area (Å²) in [5.41, 5.74) is 2.40. The van der Waals surface area contributed by atoms with Crippen LogP contribution in [0.1, 0.15) is 22.8 Å². The minimum atomic E-state index is -0.103. The molecule has 0 saturated heterocycles. The van der Waals surface area contributed by atoms with Crippen LogP contribution in [0.4, 0.5) is 5.69 Å². The van der Waals surface area contributed by atoms with E-state index in [1.807, 2.05) is 36.2 Å². The summed E-state index contributed by atoms with van der Waals surface area (Å²) < 4.78 is 5.45. The molecule has 0 atom stereocenters. The average molecular weight is 352 g/mol. The van der Waals surface area contributed by atoms with E-state index in [0.29, 0.717) is 24.4 Å². The molecule has 0 aliphatic carbocycles. The molecule has 2 aromatic carbocycles. The van der Waals surface area contributed by atoms with Gasteiger partial charge in [0.1, 0.15) is 12.4 Å². The Morgan fingerprint density at radius 2 is 1.77 bits per heavy atom. The van der Waals surface area contributed by atoms with Crippen LogP contribution in [-0.2, 0) is 11.3 Å². The number of carbonyl (C=O) groups excluding carboxylic acids is 2. The normalized spacial score (nSPS) is 10.4. The Hall–Kier alpha value is -2.92. The summed E-state index contributed by atoms with van der Waals surface area (Å²) in [5.74, 6) is 0.695. The monoisotopic (exact) mass is 352 g/mol. The zero-order chi connectivity index (χ0) is 18.9. The van der Waals surface area contributed by atoms with Crippen LogP contribution in [0.3, 0.4) is 0 Å². The van der Waals surface area contributed by atoms with E-state index >= 15 is 0 Å². The summed E-state index contributed by atoms with van der Waals surface area (Å²) in [5, 5.41) is 2.84. The quantitative estimate of drug-likeness (QED) is 0.554. The summed E-state index contributed by atoms with van der Waals surface area (Å²) in [4.78, 5) is 25.3. The Morgan fingerprint density at radius 1 is 1.12 bits per heavy atom. The molecule has 5 heteroatoms. The van der Waals surface area contributed by atoms with Crippen LogP contribution in [0.25, 0.3) is 0 Å². The minimum absolute atomic E-state index is 0.00326. The molecule has 0 bridgehead atoms. The molecule has 2 rings (SSSR count). The highest BCUT2D eigenvalue weighted by atomic mass is 16.5. The first-order valence-electron chi connectivity index (χ1n) is 8.40.